The van der Waals surface area contributed by atoms with Gasteiger partial charge in [0.15, 0.2) is 5.60 Å². The molecule has 1 unspecified atom stereocenters. The molecule has 1 atom stereocenters. The normalized spacial score (nSPS) is 15.5. The van der Waals surface area contributed by atoms with E-state index in [1.165, 1.54) is 11.3 Å². The first-order valence-electron chi connectivity index (χ1n) is 3.18. The first-order chi connectivity index (χ1) is 5.08. The summed E-state index contributed by atoms with van der Waals surface area (Å²) in [6.45, 7) is 3.42. The van der Waals surface area contributed by atoms with Crippen molar-refractivity contribution in [1.82, 2.24) is 4.98 Å². The van der Waals surface area contributed by atoms with E-state index < -0.39 is 5.60 Å². The van der Waals surface area contributed by atoms with Crippen LogP contribution in [0.5, 0.6) is 0 Å². The molecular weight excluding hydrogens is 158 g/mol. The van der Waals surface area contributed by atoms with Crippen LogP contribution in [0.25, 0.3) is 0 Å². The Hall–Kier alpha value is -0.850. The van der Waals surface area contributed by atoms with Gasteiger partial charge in [-0.3, -0.25) is 0 Å². The topological polar surface area (TPSA) is 33.1 Å². The molecule has 1 N–H and O–H groups in total. The molecule has 0 aliphatic heterocycles. The maximum Gasteiger partial charge on any atom is 0.158 e. The molecule has 0 aliphatic carbocycles. The summed E-state index contributed by atoms with van der Waals surface area (Å²) in [7, 11) is 0. The summed E-state index contributed by atoms with van der Waals surface area (Å²) in [6.07, 6.45) is 5.15. The minimum Gasteiger partial charge on any atom is -0.373 e. The molecule has 0 saturated carbocycles. The second kappa shape index (κ2) is 2.65. The third-order valence-corrected chi connectivity index (χ3v) is 2.61. The summed E-state index contributed by atoms with van der Waals surface area (Å²) in [5, 5.41) is 9.60. The summed E-state index contributed by atoms with van der Waals surface area (Å²) in [5.41, 5.74) is 1.32. The van der Waals surface area contributed by atoms with Crippen LogP contribution in [0.4, 0.5) is 0 Å². The van der Waals surface area contributed by atoms with Crippen LogP contribution in [0.1, 0.15) is 17.5 Å². The fraction of sp³-hybridized carbons (Fsp3) is 0.375. The lowest BCUT2D eigenvalue weighted by Crippen LogP contribution is -2.17. The number of aryl methyl sites for hydroxylation is 1. The molecule has 0 radical (unpaired) electrons. The highest BCUT2D eigenvalue weighted by Crippen LogP contribution is 2.26. The number of hydrogen-bond donors (Lipinski definition) is 1. The molecule has 3 heteroatoms. The molecule has 0 bridgehead atoms. The molecule has 0 aliphatic rings. The van der Waals surface area contributed by atoms with Gasteiger partial charge in [-0.2, -0.15) is 0 Å². The minimum atomic E-state index is -1.16. The van der Waals surface area contributed by atoms with E-state index in [0.717, 1.165) is 10.6 Å². The van der Waals surface area contributed by atoms with Crippen LogP contribution in [-0.4, -0.2) is 10.1 Å². The average Bonchev–Trinajstić information content (AvgIpc) is 2.36. The number of rotatable bonds is 1. The molecule has 58 valence electrons. The Morgan fingerprint density at radius 1 is 1.82 bits per heavy atom. The molecular formula is C8H9NOS. The third kappa shape index (κ3) is 1.42. The number of terminal acetylenes is 1. The Bertz CT molecular complexity index is 295. The quantitative estimate of drug-likeness (QED) is 0.639. The van der Waals surface area contributed by atoms with Crippen LogP contribution in [0.15, 0.2) is 5.51 Å². The van der Waals surface area contributed by atoms with Gasteiger partial charge in [0.2, 0.25) is 0 Å². The minimum absolute atomic E-state index is 0.750. The lowest BCUT2D eigenvalue weighted by Gasteiger charge is -2.13. The zero-order valence-corrected chi connectivity index (χ0v) is 7.27. The molecule has 2 nitrogen and oxygen atoms in total. The van der Waals surface area contributed by atoms with E-state index in [-0.39, 0.29) is 0 Å². The van der Waals surface area contributed by atoms with Gasteiger partial charge in [0.25, 0.3) is 0 Å². The van der Waals surface area contributed by atoms with Crippen molar-refractivity contribution in [1.29, 1.82) is 0 Å². The van der Waals surface area contributed by atoms with Gasteiger partial charge in [0.05, 0.1) is 16.1 Å². The van der Waals surface area contributed by atoms with Crippen molar-refractivity contribution in [3.8, 4) is 12.3 Å². The number of thiazole rings is 1. The zero-order valence-electron chi connectivity index (χ0n) is 6.46. The van der Waals surface area contributed by atoms with E-state index in [1.54, 1.807) is 12.4 Å². The summed E-state index contributed by atoms with van der Waals surface area (Å²) >= 11 is 1.38. The molecule has 0 saturated heterocycles. The maximum atomic E-state index is 9.60. The van der Waals surface area contributed by atoms with Gasteiger partial charge in [0.1, 0.15) is 0 Å². The van der Waals surface area contributed by atoms with Crippen molar-refractivity contribution in [2.24, 2.45) is 0 Å². The first-order valence-corrected chi connectivity index (χ1v) is 4.06. The van der Waals surface area contributed by atoms with E-state index in [0.29, 0.717) is 0 Å². The van der Waals surface area contributed by atoms with E-state index in [4.69, 9.17) is 6.42 Å². The van der Waals surface area contributed by atoms with Crippen LogP contribution in [0, 0.1) is 19.3 Å². The highest BCUT2D eigenvalue weighted by atomic mass is 32.1. The van der Waals surface area contributed by atoms with Gasteiger partial charge in [-0.25, -0.2) is 4.98 Å². The molecule has 0 fully saturated rings. The largest absolute Gasteiger partial charge is 0.373 e. The van der Waals surface area contributed by atoms with Crippen molar-refractivity contribution in [3.05, 3.63) is 16.1 Å². The van der Waals surface area contributed by atoms with Crippen molar-refractivity contribution in [2.45, 2.75) is 19.4 Å². The van der Waals surface area contributed by atoms with Crippen LogP contribution >= 0.6 is 11.3 Å². The molecule has 0 amide bonds. The zero-order chi connectivity index (χ0) is 8.48. The number of aliphatic hydroxyl groups is 1. The smallest absolute Gasteiger partial charge is 0.158 e. The van der Waals surface area contributed by atoms with E-state index in [1.807, 2.05) is 6.92 Å². The second-order valence-corrected chi connectivity index (χ2v) is 3.34. The van der Waals surface area contributed by atoms with Gasteiger partial charge in [-0.15, -0.1) is 17.8 Å². The Kier molecular flexibility index (Phi) is 1.99. The predicted octanol–water partition coefficient (Wildman–Crippen LogP) is 1.29. The van der Waals surface area contributed by atoms with E-state index in [9.17, 15) is 5.11 Å². The fourth-order valence-corrected chi connectivity index (χ4v) is 1.66. The monoisotopic (exact) mass is 167 g/mol. The Morgan fingerprint density at radius 3 is 2.82 bits per heavy atom. The van der Waals surface area contributed by atoms with Crippen LogP contribution in [0.2, 0.25) is 0 Å². The van der Waals surface area contributed by atoms with Crippen LogP contribution in [-0.2, 0) is 5.60 Å². The molecule has 0 aromatic carbocycles. The highest BCUT2D eigenvalue weighted by Gasteiger charge is 2.23. The Morgan fingerprint density at radius 2 is 2.45 bits per heavy atom. The van der Waals surface area contributed by atoms with Crippen molar-refractivity contribution in [2.75, 3.05) is 0 Å². The van der Waals surface area contributed by atoms with Gasteiger partial charge >= 0.3 is 0 Å². The number of nitrogens with zero attached hydrogens (tertiary/aromatic N) is 1. The van der Waals surface area contributed by atoms with Crippen molar-refractivity contribution in [3.63, 3.8) is 0 Å². The lowest BCUT2D eigenvalue weighted by atomic mass is 10.1. The molecule has 1 rings (SSSR count). The molecule has 1 aromatic rings. The summed E-state index contributed by atoms with van der Waals surface area (Å²) in [4.78, 5) is 4.74. The molecule has 0 spiro atoms. The molecule has 11 heavy (non-hydrogen) atoms. The summed E-state index contributed by atoms with van der Waals surface area (Å²) < 4.78 is 0. The maximum absolute atomic E-state index is 9.60. The Labute approximate surface area is 69.9 Å². The standard InChI is InChI=1S/C8H9NOS/c1-4-8(3,10)7-6(2)9-5-11-7/h1,5,10H,2-3H3. The van der Waals surface area contributed by atoms with Crippen molar-refractivity contribution < 1.29 is 5.11 Å². The van der Waals surface area contributed by atoms with E-state index in [2.05, 4.69) is 10.9 Å². The molecule has 1 heterocycles. The number of aromatic nitrogens is 1. The predicted molar refractivity (Wildman–Crippen MR) is 45.3 cm³/mol. The Balaban J connectivity index is 3.13. The summed E-state index contributed by atoms with van der Waals surface area (Å²) in [5.74, 6) is 2.31. The fourth-order valence-electron chi connectivity index (χ4n) is 0.835. The SMILES string of the molecule is C#CC(C)(O)c1scnc1C. The third-order valence-electron chi connectivity index (χ3n) is 1.47. The molecule has 1 aromatic heterocycles. The van der Waals surface area contributed by atoms with Crippen molar-refractivity contribution >= 4 is 11.3 Å². The van der Waals surface area contributed by atoms with Gasteiger partial charge in [-0.1, -0.05) is 5.92 Å². The van der Waals surface area contributed by atoms with Crippen LogP contribution in [0.3, 0.4) is 0 Å². The average molecular weight is 167 g/mol. The lowest BCUT2D eigenvalue weighted by molar-refractivity contribution is 0.125. The first kappa shape index (κ1) is 8.25. The van der Waals surface area contributed by atoms with E-state index >= 15 is 0 Å². The highest BCUT2D eigenvalue weighted by molar-refractivity contribution is 7.09. The van der Waals surface area contributed by atoms with Gasteiger partial charge in [0, 0.05) is 0 Å². The second-order valence-electron chi connectivity index (χ2n) is 2.48. The number of hydrogen-bond acceptors (Lipinski definition) is 3. The van der Waals surface area contributed by atoms with Crippen LogP contribution < -0.4 is 0 Å². The van der Waals surface area contributed by atoms with Gasteiger partial charge < -0.3 is 5.11 Å². The van der Waals surface area contributed by atoms with Gasteiger partial charge in [-0.05, 0) is 13.8 Å². The summed E-state index contributed by atoms with van der Waals surface area (Å²) in [6, 6.07) is 0.